The van der Waals surface area contributed by atoms with Crippen molar-refractivity contribution in [1.29, 1.82) is 0 Å². The van der Waals surface area contributed by atoms with Crippen molar-refractivity contribution in [1.82, 2.24) is 9.97 Å². The number of benzene rings is 1. The van der Waals surface area contributed by atoms with Crippen molar-refractivity contribution in [2.24, 2.45) is 0 Å². The molecule has 0 saturated heterocycles. The van der Waals surface area contributed by atoms with E-state index in [9.17, 15) is 0 Å². The molecule has 0 unspecified atom stereocenters. The second-order valence-electron chi connectivity index (χ2n) is 4.23. The van der Waals surface area contributed by atoms with E-state index in [1.807, 2.05) is 30.5 Å². The molecule has 0 spiro atoms. The molecule has 3 heteroatoms. The Kier molecular flexibility index (Phi) is 4.80. The van der Waals surface area contributed by atoms with Crippen molar-refractivity contribution < 1.29 is 0 Å². The summed E-state index contributed by atoms with van der Waals surface area (Å²) in [6, 6.07) is 8.13. The molecule has 0 fully saturated rings. The molecule has 0 aliphatic heterocycles. The maximum Gasteiger partial charge on any atom is 0.128 e. The van der Waals surface area contributed by atoms with E-state index in [2.05, 4.69) is 22.6 Å². The number of thiol groups is 1. The largest absolute Gasteiger partial charge is 0.241 e. The fourth-order valence-corrected chi connectivity index (χ4v) is 2.10. The highest BCUT2D eigenvalue weighted by atomic mass is 32.1. The van der Waals surface area contributed by atoms with Crippen molar-refractivity contribution >= 4 is 23.5 Å². The first kappa shape index (κ1) is 12.4. The molecule has 0 atom stereocenters. The second-order valence-corrected chi connectivity index (χ2v) is 4.68. The van der Waals surface area contributed by atoms with Gasteiger partial charge in [0.15, 0.2) is 0 Å². The Morgan fingerprint density at radius 2 is 1.82 bits per heavy atom. The molecule has 0 amide bonds. The number of rotatable bonds is 6. The van der Waals surface area contributed by atoms with Crippen molar-refractivity contribution in [2.75, 3.05) is 5.75 Å². The second kappa shape index (κ2) is 6.60. The Labute approximate surface area is 108 Å². The number of hydrogen-bond donors (Lipinski definition) is 1. The molecule has 1 heterocycles. The summed E-state index contributed by atoms with van der Waals surface area (Å²) >= 11 is 4.21. The lowest BCUT2D eigenvalue weighted by Gasteiger charge is -2.02. The molecule has 17 heavy (non-hydrogen) atoms. The number of hydrogen-bond acceptors (Lipinski definition) is 3. The van der Waals surface area contributed by atoms with E-state index in [4.69, 9.17) is 0 Å². The van der Waals surface area contributed by atoms with Crippen molar-refractivity contribution in [3.8, 4) is 0 Å². The zero-order chi connectivity index (χ0) is 11.9. The Morgan fingerprint density at radius 1 is 1.00 bits per heavy atom. The van der Waals surface area contributed by atoms with E-state index in [-0.39, 0.29) is 0 Å². The van der Waals surface area contributed by atoms with Crippen LogP contribution in [0.1, 0.15) is 31.5 Å². The third kappa shape index (κ3) is 3.70. The molecule has 90 valence electrons. The number of nitrogens with zero attached hydrogens (tertiary/aromatic N) is 2. The SMILES string of the molecule is SCCCCCCc1ncc2ccccc2n1. The quantitative estimate of drug-likeness (QED) is 0.621. The lowest BCUT2D eigenvalue weighted by molar-refractivity contribution is 0.657. The molecule has 0 aliphatic carbocycles. The van der Waals surface area contributed by atoms with Crippen LogP contribution in [0.15, 0.2) is 30.5 Å². The molecule has 0 saturated carbocycles. The van der Waals surface area contributed by atoms with Gasteiger partial charge in [0.2, 0.25) is 0 Å². The summed E-state index contributed by atoms with van der Waals surface area (Å²) in [6.45, 7) is 0. The Balaban J connectivity index is 1.90. The predicted molar refractivity (Wildman–Crippen MR) is 75.6 cm³/mol. The lowest BCUT2D eigenvalue weighted by atomic mass is 10.1. The molecule has 0 aliphatic rings. The first-order valence-electron chi connectivity index (χ1n) is 6.21. The van der Waals surface area contributed by atoms with Crippen LogP contribution in [-0.4, -0.2) is 15.7 Å². The molecule has 0 radical (unpaired) electrons. The Morgan fingerprint density at radius 3 is 2.71 bits per heavy atom. The van der Waals surface area contributed by atoms with Crippen molar-refractivity contribution in [3.05, 3.63) is 36.3 Å². The number of unbranched alkanes of at least 4 members (excludes halogenated alkanes) is 3. The van der Waals surface area contributed by atoms with Crippen molar-refractivity contribution in [2.45, 2.75) is 32.1 Å². The van der Waals surface area contributed by atoms with Gasteiger partial charge in [-0.25, -0.2) is 9.97 Å². The zero-order valence-corrected chi connectivity index (χ0v) is 10.9. The summed E-state index contributed by atoms with van der Waals surface area (Å²) in [5.74, 6) is 1.96. The van der Waals surface area contributed by atoms with Gasteiger partial charge in [-0.05, 0) is 24.7 Å². The Hall–Kier alpha value is -1.09. The van der Waals surface area contributed by atoms with Gasteiger partial charge in [0.1, 0.15) is 5.82 Å². The summed E-state index contributed by atoms with van der Waals surface area (Å²) in [7, 11) is 0. The summed E-state index contributed by atoms with van der Waals surface area (Å²) < 4.78 is 0. The summed E-state index contributed by atoms with van der Waals surface area (Å²) in [5.41, 5.74) is 1.05. The van der Waals surface area contributed by atoms with Crippen LogP contribution in [0.5, 0.6) is 0 Å². The number of aromatic nitrogens is 2. The minimum atomic E-state index is 0.967. The number of para-hydroxylation sites is 1. The fraction of sp³-hybridized carbons (Fsp3) is 0.429. The van der Waals surface area contributed by atoms with E-state index in [1.165, 1.54) is 25.7 Å². The van der Waals surface area contributed by atoms with E-state index in [0.29, 0.717) is 0 Å². The molecule has 1 aromatic heterocycles. The minimum Gasteiger partial charge on any atom is -0.241 e. The number of fused-ring (bicyclic) bond motifs is 1. The minimum absolute atomic E-state index is 0.967. The first-order valence-corrected chi connectivity index (χ1v) is 6.85. The average Bonchev–Trinajstić information content (AvgIpc) is 2.38. The van der Waals surface area contributed by atoms with Gasteiger partial charge in [0.05, 0.1) is 5.52 Å². The van der Waals surface area contributed by atoms with Gasteiger partial charge in [-0.1, -0.05) is 31.0 Å². The molecule has 2 aromatic rings. The first-order chi connectivity index (χ1) is 8.40. The maximum absolute atomic E-state index is 4.57. The summed E-state index contributed by atoms with van der Waals surface area (Å²) in [4.78, 5) is 8.97. The van der Waals surface area contributed by atoms with Crippen LogP contribution >= 0.6 is 12.6 Å². The van der Waals surface area contributed by atoms with Gasteiger partial charge in [0.25, 0.3) is 0 Å². The molecular weight excluding hydrogens is 228 g/mol. The molecule has 2 rings (SSSR count). The van der Waals surface area contributed by atoms with Gasteiger partial charge >= 0.3 is 0 Å². The normalized spacial score (nSPS) is 10.9. The summed E-state index contributed by atoms with van der Waals surface area (Å²) in [6.07, 6.45) is 7.80. The average molecular weight is 246 g/mol. The third-order valence-electron chi connectivity index (χ3n) is 2.85. The highest BCUT2D eigenvalue weighted by Crippen LogP contribution is 2.11. The van der Waals surface area contributed by atoms with Gasteiger partial charge in [0, 0.05) is 18.0 Å². The van der Waals surface area contributed by atoms with Gasteiger partial charge in [-0.3, -0.25) is 0 Å². The van der Waals surface area contributed by atoms with Crippen LogP contribution in [0.2, 0.25) is 0 Å². The van der Waals surface area contributed by atoms with Crippen molar-refractivity contribution in [3.63, 3.8) is 0 Å². The van der Waals surface area contributed by atoms with E-state index < -0.39 is 0 Å². The third-order valence-corrected chi connectivity index (χ3v) is 3.16. The monoisotopic (exact) mass is 246 g/mol. The van der Waals surface area contributed by atoms with Crippen LogP contribution in [0.25, 0.3) is 10.9 Å². The lowest BCUT2D eigenvalue weighted by Crippen LogP contribution is -1.95. The van der Waals surface area contributed by atoms with Crippen LogP contribution in [0, 0.1) is 0 Å². The van der Waals surface area contributed by atoms with Crippen LogP contribution in [0.3, 0.4) is 0 Å². The molecule has 2 nitrogen and oxygen atoms in total. The van der Waals surface area contributed by atoms with E-state index in [0.717, 1.165) is 28.9 Å². The van der Waals surface area contributed by atoms with Crippen LogP contribution in [-0.2, 0) is 6.42 Å². The number of aryl methyl sites for hydroxylation is 1. The van der Waals surface area contributed by atoms with Crippen LogP contribution in [0.4, 0.5) is 0 Å². The molecule has 0 N–H and O–H groups in total. The predicted octanol–water partition coefficient (Wildman–Crippen LogP) is 3.66. The zero-order valence-electron chi connectivity index (χ0n) is 9.97. The topological polar surface area (TPSA) is 25.8 Å². The molecular formula is C14H18N2S. The Bertz CT molecular complexity index is 470. The van der Waals surface area contributed by atoms with Gasteiger partial charge in [-0.15, -0.1) is 0 Å². The standard InChI is InChI=1S/C14H18N2S/c17-10-6-2-1-3-9-14-15-11-12-7-4-5-8-13(12)16-14/h4-5,7-8,11,17H,1-3,6,9-10H2. The van der Waals surface area contributed by atoms with Gasteiger partial charge in [-0.2, -0.15) is 12.6 Å². The molecule has 0 bridgehead atoms. The smallest absolute Gasteiger partial charge is 0.128 e. The summed E-state index contributed by atoms with van der Waals surface area (Å²) in [5, 5.41) is 1.12. The molecule has 1 aromatic carbocycles. The van der Waals surface area contributed by atoms with E-state index >= 15 is 0 Å². The van der Waals surface area contributed by atoms with Gasteiger partial charge < -0.3 is 0 Å². The highest BCUT2D eigenvalue weighted by Gasteiger charge is 1.99. The highest BCUT2D eigenvalue weighted by molar-refractivity contribution is 7.80. The van der Waals surface area contributed by atoms with E-state index in [1.54, 1.807) is 0 Å². The van der Waals surface area contributed by atoms with Crippen LogP contribution < -0.4 is 0 Å². The maximum atomic E-state index is 4.57. The fourth-order valence-electron chi connectivity index (χ4n) is 1.88.